The Hall–Kier alpha value is -2.12. The van der Waals surface area contributed by atoms with Gasteiger partial charge in [0.05, 0.1) is 20.3 Å². The molecule has 0 aliphatic heterocycles. The molecule has 0 aromatic heterocycles. The highest BCUT2D eigenvalue weighted by molar-refractivity contribution is 5.94. The lowest BCUT2D eigenvalue weighted by atomic mass is 10.1. The van der Waals surface area contributed by atoms with Crippen LogP contribution in [0, 0.1) is 5.92 Å². The average molecular weight is 381 g/mol. The van der Waals surface area contributed by atoms with Gasteiger partial charge in [-0.3, -0.25) is 14.5 Å². The van der Waals surface area contributed by atoms with Gasteiger partial charge in [0.15, 0.2) is 17.3 Å². The largest absolute Gasteiger partial charge is 0.493 e. The molecule has 0 aliphatic carbocycles. The van der Waals surface area contributed by atoms with Crippen molar-refractivity contribution in [2.24, 2.45) is 5.92 Å². The lowest BCUT2D eigenvalue weighted by Gasteiger charge is -2.26. The Labute approximate surface area is 161 Å². The molecule has 0 saturated heterocycles. The number of aliphatic hydroxyl groups is 1. The first-order valence-corrected chi connectivity index (χ1v) is 9.14. The van der Waals surface area contributed by atoms with E-state index in [1.807, 2.05) is 18.7 Å². The maximum Gasteiger partial charge on any atom is 0.320 e. The molecule has 7 heteroatoms. The molecule has 27 heavy (non-hydrogen) atoms. The highest BCUT2D eigenvalue weighted by Gasteiger charge is 2.18. The fourth-order valence-corrected chi connectivity index (χ4v) is 2.65. The molecule has 1 rings (SSSR count). The van der Waals surface area contributed by atoms with Gasteiger partial charge in [0.2, 0.25) is 0 Å². The lowest BCUT2D eigenvalue weighted by Crippen LogP contribution is -2.41. The van der Waals surface area contributed by atoms with Crippen LogP contribution in [0.5, 0.6) is 11.5 Å². The Morgan fingerprint density at radius 2 is 1.89 bits per heavy atom. The minimum absolute atomic E-state index is 0.0349. The number of hydrogen-bond donors (Lipinski definition) is 1. The molecule has 0 heterocycles. The third-order valence-electron chi connectivity index (χ3n) is 3.75. The number of Topliss-reactive ketones (excluding diaryl/α,β-unsaturated/α-hetero) is 1. The van der Waals surface area contributed by atoms with E-state index in [1.165, 1.54) is 14.0 Å². The number of benzene rings is 1. The van der Waals surface area contributed by atoms with Crippen LogP contribution in [0.4, 0.5) is 0 Å². The summed E-state index contributed by atoms with van der Waals surface area (Å²) in [5, 5.41) is 10.3. The molecular weight excluding hydrogens is 350 g/mol. The van der Waals surface area contributed by atoms with Crippen molar-refractivity contribution in [3.63, 3.8) is 0 Å². The molecule has 0 saturated carbocycles. The van der Waals surface area contributed by atoms with Gasteiger partial charge in [-0.1, -0.05) is 13.8 Å². The average Bonchev–Trinajstić information content (AvgIpc) is 2.59. The summed E-state index contributed by atoms with van der Waals surface area (Å²) in [7, 11) is 1.49. The maximum atomic E-state index is 11.7. The van der Waals surface area contributed by atoms with Crippen LogP contribution in [0.15, 0.2) is 18.2 Å². The van der Waals surface area contributed by atoms with Crippen LogP contribution in [-0.4, -0.2) is 67.8 Å². The molecule has 0 spiro atoms. The summed E-state index contributed by atoms with van der Waals surface area (Å²) in [5.41, 5.74) is 0.525. The zero-order valence-corrected chi connectivity index (χ0v) is 16.9. The molecule has 0 bridgehead atoms. The molecule has 1 atom stereocenters. The minimum Gasteiger partial charge on any atom is -0.493 e. The summed E-state index contributed by atoms with van der Waals surface area (Å²) < 4.78 is 15.9. The van der Waals surface area contributed by atoms with Gasteiger partial charge in [0.1, 0.15) is 12.7 Å². The molecule has 0 fully saturated rings. The normalized spacial score (nSPS) is 12.1. The summed E-state index contributed by atoms with van der Waals surface area (Å²) in [6.45, 7) is 8.76. The van der Waals surface area contributed by atoms with Crippen molar-refractivity contribution in [2.45, 2.75) is 33.8 Å². The highest BCUT2D eigenvalue weighted by atomic mass is 16.5. The number of ketones is 1. The number of nitrogens with zero attached hydrogens (tertiary/aromatic N) is 1. The Bertz CT molecular complexity index is 616. The SMILES string of the molecule is CCOC(=O)CN(CC(C)C)CC(O)COc1ccc(C(C)=O)cc1OC. The zero-order valence-electron chi connectivity index (χ0n) is 16.9. The fourth-order valence-electron chi connectivity index (χ4n) is 2.65. The first kappa shape index (κ1) is 22.9. The van der Waals surface area contributed by atoms with Gasteiger partial charge in [-0.2, -0.15) is 0 Å². The summed E-state index contributed by atoms with van der Waals surface area (Å²) in [4.78, 5) is 25.1. The predicted octanol–water partition coefficient (Wildman–Crippen LogP) is 2.16. The minimum atomic E-state index is -0.796. The van der Waals surface area contributed by atoms with Gasteiger partial charge < -0.3 is 19.3 Å². The van der Waals surface area contributed by atoms with E-state index in [1.54, 1.807) is 25.1 Å². The van der Waals surface area contributed by atoms with E-state index < -0.39 is 6.10 Å². The van der Waals surface area contributed by atoms with E-state index in [-0.39, 0.29) is 31.4 Å². The van der Waals surface area contributed by atoms with E-state index in [0.29, 0.717) is 36.1 Å². The van der Waals surface area contributed by atoms with Gasteiger partial charge in [0.25, 0.3) is 0 Å². The van der Waals surface area contributed by atoms with Crippen LogP contribution in [0.25, 0.3) is 0 Å². The van der Waals surface area contributed by atoms with Gasteiger partial charge in [0, 0.05) is 18.7 Å². The highest BCUT2D eigenvalue weighted by Crippen LogP contribution is 2.28. The molecule has 1 N–H and O–H groups in total. The van der Waals surface area contributed by atoms with Crippen molar-refractivity contribution in [1.82, 2.24) is 4.90 Å². The van der Waals surface area contributed by atoms with Crippen LogP contribution in [0.2, 0.25) is 0 Å². The van der Waals surface area contributed by atoms with Gasteiger partial charge in [-0.25, -0.2) is 0 Å². The monoisotopic (exact) mass is 381 g/mol. The summed E-state index contributed by atoms with van der Waals surface area (Å²) >= 11 is 0. The molecule has 1 unspecified atom stereocenters. The third-order valence-corrected chi connectivity index (χ3v) is 3.75. The molecule has 7 nitrogen and oxygen atoms in total. The Morgan fingerprint density at radius 3 is 2.44 bits per heavy atom. The number of carbonyl (C=O) groups excluding carboxylic acids is 2. The quantitative estimate of drug-likeness (QED) is 0.439. The third kappa shape index (κ3) is 8.41. The second-order valence-electron chi connectivity index (χ2n) is 6.78. The van der Waals surface area contributed by atoms with Crippen molar-refractivity contribution >= 4 is 11.8 Å². The summed E-state index contributed by atoms with van der Waals surface area (Å²) in [5.74, 6) is 0.838. The lowest BCUT2D eigenvalue weighted by molar-refractivity contribution is -0.144. The number of esters is 1. The molecule has 0 amide bonds. The topological polar surface area (TPSA) is 85.3 Å². The van der Waals surface area contributed by atoms with Crippen molar-refractivity contribution in [3.8, 4) is 11.5 Å². The van der Waals surface area contributed by atoms with Gasteiger partial charge in [-0.05, 0) is 38.0 Å². The summed E-state index contributed by atoms with van der Waals surface area (Å²) in [6.07, 6.45) is -0.796. The second kappa shape index (κ2) is 11.6. The number of ether oxygens (including phenoxy) is 3. The summed E-state index contributed by atoms with van der Waals surface area (Å²) in [6, 6.07) is 4.90. The molecule has 152 valence electrons. The van der Waals surface area contributed by atoms with Crippen LogP contribution in [0.1, 0.15) is 38.1 Å². The first-order chi connectivity index (χ1) is 12.8. The number of rotatable bonds is 12. The molecule has 0 radical (unpaired) electrons. The smallest absolute Gasteiger partial charge is 0.320 e. The van der Waals surface area contributed by atoms with Crippen molar-refractivity contribution in [1.29, 1.82) is 0 Å². The van der Waals surface area contributed by atoms with E-state index >= 15 is 0 Å². The van der Waals surface area contributed by atoms with E-state index in [9.17, 15) is 14.7 Å². The van der Waals surface area contributed by atoms with Crippen LogP contribution in [0.3, 0.4) is 0 Å². The molecular formula is C20H31NO6. The van der Waals surface area contributed by atoms with E-state index in [0.717, 1.165) is 0 Å². The van der Waals surface area contributed by atoms with Crippen LogP contribution < -0.4 is 9.47 Å². The molecule has 1 aromatic rings. The van der Waals surface area contributed by atoms with Gasteiger partial charge >= 0.3 is 5.97 Å². The maximum absolute atomic E-state index is 11.7. The predicted molar refractivity (Wildman–Crippen MR) is 102 cm³/mol. The Morgan fingerprint density at radius 1 is 1.19 bits per heavy atom. The molecule has 0 aliphatic rings. The van der Waals surface area contributed by atoms with E-state index in [4.69, 9.17) is 14.2 Å². The number of aliphatic hydroxyl groups excluding tert-OH is 1. The van der Waals surface area contributed by atoms with Crippen molar-refractivity contribution in [2.75, 3.05) is 40.0 Å². The van der Waals surface area contributed by atoms with E-state index in [2.05, 4.69) is 0 Å². The van der Waals surface area contributed by atoms with Gasteiger partial charge in [-0.15, -0.1) is 0 Å². The standard InChI is InChI=1S/C20H31NO6/c1-6-26-20(24)12-21(10-14(2)3)11-17(23)13-27-18-8-7-16(15(4)22)9-19(18)25-5/h7-9,14,17,23H,6,10-13H2,1-5H3. The second-order valence-corrected chi connectivity index (χ2v) is 6.78. The van der Waals surface area contributed by atoms with Crippen LogP contribution in [-0.2, 0) is 9.53 Å². The number of hydrogen-bond acceptors (Lipinski definition) is 7. The number of carbonyl (C=O) groups is 2. The van der Waals surface area contributed by atoms with Crippen LogP contribution >= 0.6 is 0 Å². The van der Waals surface area contributed by atoms with Crippen molar-refractivity contribution in [3.05, 3.63) is 23.8 Å². The zero-order chi connectivity index (χ0) is 20.4. The molecule has 1 aromatic carbocycles. The Kier molecular flexibility index (Phi) is 9.82. The van der Waals surface area contributed by atoms with Crippen molar-refractivity contribution < 1.29 is 28.9 Å². The number of methoxy groups -OCH3 is 1. The fraction of sp³-hybridized carbons (Fsp3) is 0.600. The first-order valence-electron chi connectivity index (χ1n) is 9.14. The Balaban J connectivity index is 2.66.